The van der Waals surface area contributed by atoms with Gasteiger partial charge in [0.15, 0.2) is 5.69 Å². The van der Waals surface area contributed by atoms with Gasteiger partial charge in [-0.15, -0.1) is 0 Å². The maximum Gasteiger partial charge on any atom is 0.276 e. The van der Waals surface area contributed by atoms with Crippen LogP contribution in [0.5, 0.6) is 11.5 Å². The standard InChI is InChI=1S/C29H25FN6O2/c1-29(30)11-12-36(18-29)26-10-8-21(16-32-26)33-28(37)27-24-14-19(7-9-25(24)34-35-27)20-13-23(17-31-15-20)38-22-5-3-2-4-6-22/h2-10,13-17H,11-12,18H2,1H3,(H,33,37)(H,34,35). The van der Waals surface area contributed by atoms with Crippen LogP contribution in [-0.4, -0.2) is 44.8 Å². The first kappa shape index (κ1) is 23.6. The van der Waals surface area contributed by atoms with E-state index in [0.29, 0.717) is 42.2 Å². The summed E-state index contributed by atoms with van der Waals surface area (Å²) in [7, 11) is 0. The van der Waals surface area contributed by atoms with Gasteiger partial charge in [0.25, 0.3) is 5.91 Å². The molecule has 1 unspecified atom stereocenters. The van der Waals surface area contributed by atoms with Gasteiger partial charge in [-0.1, -0.05) is 24.3 Å². The van der Waals surface area contributed by atoms with Gasteiger partial charge in [-0.3, -0.25) is 14.9 Å². The Bertz CT molecular complexity index is 1600. The maximum atomic E-state index is 14.2. The molecule has 1 atom stereocenters. The Morgan fingerprint density at radius 1 is 1.03 bits per heavy atom. The van der Waals surface area contributed by atoms with Crippen molar-refractivity contribution in [2.45, 2.75) is 19.0 Å². The van der Waals surface area contributed by atoms with Crippen LogP contribution in [0.1, 0.15) is 23.8 Å². The number of pyridine rings is 2. The topological polar surface area (TPSA) is 96.0 Å². The predicted octanol–water partition coefficient (Wildman–Crippen LogP) is 6.00. The van der Waals surface area contributed by atoms with Crippen molar-refractivity contribution in [2.75, 3.05) is 23.3 Å². The number of rotatable bonds is 6. The molecular weight excluding hydrogens is 483 g/mol. The molecule has 4 heterocycles. The molecule has 0 spiro atoms. The van der Waals surface area contributed by atoms with Crippen molar-refractivity contribution in [2.24, 2.45) is 0 Å². The van der Waals surface area contributed by atoms with E-state index < -0.39 is 5.67 Å². The minimum absolute atomic E-state index is 0.267. The van der Waals surface area contributed by atoms with Gasteiger partial charge in [-0.2, -0.15) is 5.10 Å². The summed E-state index contributed by atoms with van der Waals surface area (Å²) in [6.45, 7) is 2.53. The molecule has 8 nitrogen and oxygen atoms in total. The first-order chi connectivity index (χ1) is 18.4. The molecule has 5 aromatic rings. The van der Waals surface area contributed by atoms with Crippen molar-refractivity contribution in [3.63, 3.8) is 0 Å². The Morgan fingerprint density at radius 2 is 1.89 bits per heavy atom. The summed E-state index contributed by atoms with van der Waals surface area (Å²) in [5.41, 5.74) is 2.04. The third kappa shape index (κ3) is 4.90. The summed E-state index contributed by atoms with van der Waals surface area (Å²) < 4.78 is 20.1. The molecule has 0 saturated carbocycles. The quantitative estimate of drug-likeness (QED) is 0.292. The predicted molar refractivity (Wildman–Crippen MR) is 144 cm³/mol. The molecule has 0 aliphatic carbocycles. The second-order valence-corrected chi connectivity index (χ2v) is 9.60. The van der Waals surface area contributed by atoms with Gasteiger partial charge < -0.3 is 15.0 Å². The monoisotopic (exact) mass is 508 g/mol. The van der Waals surface area contributed by atoms with E-state index in [-0.39, 0.29) is 11.6 Å². The van der Waals surface area contributed by atoms with Crippen LogP contribution in [-0.2, 0) is 0 Å². The summed E-state index contributed by atoms with van der Waals surface area (Å²) in [6, 6.07) is 20.7. The number of aromatic nitrogens is 4. The number of carbonyl (C=O) groups excluding carboxylic acids is 1. The molecule has 2 aromatic carbocycles. The zero-order valence-corrected chi connectivity index (χ0v) is 20.7. The molecule has 1 amide bonds. The molecule has 0 bridgehead atoms. The van der Waals surface area contributed by atoms with Crippen molar-refractivity contribution in [1.82, 2.24) is 20.2 Å². The molecule has 1 aliphatic heterocycles. The summed E-state index contributed by atoms with van der Waals surface area (Å²) >= 11 is 0. The van der Waals surface area contributed by atoms with E-state index >= 15 is 0 Å². The number of aromatic amines is 1. The Hall–Kier alpha value is -4.79. The van der Waals surface area contributed by atoms with Gasteiger partial charge in [0.05, 0.1) is 30.1 Å². The Labute approximate surface area is 218 Å². The zero-order valence-electron chi connectivity index (χ0n) is 20.7. The number of H-pyrrole nitrogens is 1. The number of ether oxygens (including phenoxy) is 1. The molecule has 2 N–H and O–H groups in total. The van der Waals surface area contributed by atoms with Crippen molar-refractivity contribution >= 4 is 28.3 Å². The van der Waals surface area contributed by atoms with Crippen molar-refractivity contribution < 1.29 is 13.9 Å². The van der Waals surface area contributed by atoms with Crippen LogP contribution in [0.2, 0.25) is 0 Å². The van der Waals surface area contributed by atoms with Crippen LogP contribution >= 0.6 is 0 Å². The largest absolute Gasteiger partial charge is 0.456 e. The van der Waals surface area contributed by atoms with E-state index in [0.717, 1.165) is 22.4 Å². The molecule has 1 saturated heterocycles. The number of halogens is 1. The fraction of sp³-hybridized carbons (Fsp3) is 0.172. The number of hydrogen-bond donors (Lipinski definition) is 2. The van der Waals surface area contributed by atoms with Crippen LogP contribution in [0.4, 0.5) is 15.9 Å². The average Bonchev–Trinajstić information content (AvgIpc) is 3.52. The van der Waals surface area contributed by atoms with Gasteiger partial charge >= 0.3 is 0 Å². The second-order valence-electron chi connectivity index (χ2n) is 9.60. The number of anilines is 2. The lowest BCUT2D eigenvalue weighted by Gasteiger charge is -2.18. The van der Waals surface area contributed by atoms with Crippen molar-refractivity contribution in [1.29, 1.82) is 0 Å². The van der Waals surface area contributed by atoms with Crippen LogP contribution in [0.3, 0.4) is 0 Å². The third-order valence-electron chi connectivity index (χ3n) is 6.56. The Balaban J connectivity index is 1.21. The highest BCUT2D eigenvalue weighted by Gasteiger charge is 2.34. The molecular formula is C29H25FN6O2. The number of nitrogens with zero attached hydrogens (tertiary/aromatic N) is 4. The number of alkyl halides is 1. The average molecular weight is 509 g/mol. The number of nitrogens with one attached hydrogen (secondary N) is 2. The zero-order chi connectivity index (χ0) is 26.1. The molecule has 38 heavy (non-hydrogen) atoms. The first-order valence-electron chi connectivity index (χ1n) is 12.3. The van der Waals surface area contributed by atoms with E-state index in [1.807, 2.05) is 59.5 Å². The molecule has 3 aromatic heterocycles. The van der Waals surface area contributed by atoms with E-state index in [1.54, 1.807) is 37.6 Å². The Kier molecular flexibility index (Phi) is 5.95. The SMILES string of the molecule is CC1(F)CCN(c2ccc(NC(=O)c3n[nH]c4ccc(-c5cncc(Oc6ccccc6)c5)cc34)cn2)C1. The highest BCUT2D eigenvalue weighted by atomic mass is 19.1. The van der Waals surface area contributed by atoms with Crippen LogP contribution in [0.15, 0.2) is 85.3 Å². The van der Waals surface area contributed by atoms with Gasteiger partial charge in [0.1, 0.15) is 23.0 Å². The lowest BCUT2D eigenvalue weighted by atomic mass is 10.0. The molecule has 6 rings (SSSR count). The van der Waals surface area contributed by atoms with E-state index in [9.17, 15) is 9.18 Å². The van der Waals surface area contributed by atoms with Gasteiger partial charge in [0, 0.05) is 30.1 Å². The lowest BCUT2D eigenvalue weighted by molar-refractivity contribution is 0.102. The fourth-order valence-corrected chi connectivity index (χ4v) is 4.58. The summed E-state index contributed by atoms with van der Waals surface area (Å²) in [5, 5.41) is 10.7. The van der Waals surface area contributed by atoms with E-state index in [1.165, 1.54) is 0 Å². The third-order valence-corrected chi connectivity index (χ3v) is 6.56. The number of carbonyl (C=O) groups is 1. The number of benzene rings is 2. The minimum Gasteiger partial charge on any atom is -0.456 e. The molecule has 9 heteroatoms. The number of para-hydroxylation sites is 1. The van der Waals surface area contributed by atoms with E-state index in [2.05, 4.69) is 25.5 Å². The molecule has 1 aliphatic rings. The number of hydrogen-bond acceptors (Lipinski definition) is 6. The fourth-order valence-electron chi connectivity index (χ4n) is 4.58. The molecule has 190 valence electrons. The van der Waals surface area contributed by atoms with Crippen molar-refractivity contribution in [3.05, 3.63) is 91.0 Å². The summed E-state index contributed by atoms with van der Waals surface area (Å²) in [6.07, 6.45) is 5.45. The van der Waals surface area contributed by atoms with Gasteiger partial charge in [-0.25, -0.2) is 9.37 Å². The normalized spacial score (nSPS) is 17.1. The second kappa shape index (κ2) is 9.59. The molecule has 1 fully saturated rings. The van der Waals surface area contributed by atoms with Gasteiger partial charge in [-0.05, 0) is 55.0 Å². The summed E-state index contributed by atoms with van der Waals surface area (Å²) in [4.78, 5) is 23.7. The minimum atomic E-state index is -1.21. The van der Waals surface area contributed by atoms with Crippen LogP contribution in [0.25, 0.3) is 22.0 Å². The van der Waals surface area contributed by atoms with Crippen LogP contribution in [0, 0.1) is 0 Å². The number of fused-ring (bicyclic) bond motifs is 1. The molecule has 0 radical (unpaired) electrons. The highest BCUT2D eigenvalue weighted by molar-refractivity contribution is 6.11. The Morgan fingerprint density at radius 3 is 2.66 bits per heavy atom. The van der Waals surface area contributed by atoms with Gasteiger partial charge in [0.2, 0.25) is 0 Å². The first-order valence-corrected chi connectivity index (χ1v) is 12.3. The smallest absolute Gasteiger partial charge is 0.276 e. The highest BCUT2D eigenvalue weighted by Crippen LogP contribution is 2.30. The lowest BCUT2D eigenvalue weighted by Crippen LogP contribution is -2.26. The van der Waals surface area contributed by atoms with E-state index in [4.69, 9.17) is 4.74 Å². The van der Waals surface area contributed by atoms with Crippen molar-refractivity contribution in [3.8, 4) is 22.6 Å². The number of amides is 1. The maximum absolute atomic E-state index is 14.2. The summed E-state index contributed by atoms with van der Waals surface area (Å²) in [5.74, 6) is 1.66. The van der Waals surface area contributed by atoms with Crippen LogP contribution < -0.4 is 15.0 Å².